The van der Waals surface area contributed by atoms with Gasteiger partial charge in [-0.15, -0.1) is 0 Å². The van der Waals surface area contributed by atoms with E-state index >= 15 is 0 Å². The van der Waals surface area contributed by atoms with E-state index in [-0.39, 0.29) is 29.8 Å². The Bertz CT molecular complexity index is 1140. The Balaban J connectivity index is 1.57. The van der Waals surface area contributed by atoms with Crippen LogP contribution in [0.4, 0.5) is 5.82 Å². The highest BCUT2D eigenvalue weighted by atomic mass is 16.2. The van der Waals surface area contributed by atoms with Gasteiger partial charge in [0.1, 0.15) is 5.82 Å². The fraction of sp³-hybridized carbons (Fsp3) is 0.375. The first-order valence-corrected chi connectivity index (χ1v) is 11.3. The molecule has 0 aliphatic heterocycles. The highest BCUT2D eigenvalue weighted by Crippen LogP contribution is 2.28. The van der Waals surface area contributed by atoms with Gasteiger partial charge in [0, 0.05) is 24.3 Å². The molecular weight excluding hydrogens is 416 g/mol. The highest BCUT2D eigenvalue weighted by molar-refractivity contribution is 5.96. The third-order valence-corrected chi connectivity index (χ3v) is 5.84. The van der Waals surface area contributed by atoms with Crippen LogP contribution in [0.3, 0.4) is 0 Å². The Morgan fingerprint density at radius 1 is 1.18 bits per heavy atom. The molecule has 0 radical (unpaired) electrons. The first kappa shape index (κ1) is 22.4. The summed E-state index contributed by atoms with van der Waals surface area (Å²) in [6, 6.07) is 9.78. The van der Waals surface area contributed by atoms with Crippen LogP contribution in [0.1, 0.15) is 47.4 Å². The summed E-state index contributed by atoms with van der Waals surface area (Å²) in [6.45, 7) is 2.49. The van der Waals surface area contributed by atoms with Crippen molar-refractivity contribution in [1.29, 1.82) is 0 Å². The van der Waals surface area contributed by atoms with Crippen LogP contribution in [0.2, 0.25) is 0 Å². The molecule has 1 aliphatic carbocycles. The molecule has 2 aromatic heterocycles. The molecule has 0 spiro atoms. The molecule has 2 unspecified atom stereocenters. The van der Waals surface area contributed by atoms with Crippen LogP contribution >= 0.6 is 0 Å². The summed E-state index contributed by atoms with van der Waals surface area (Å²) < 4.78 is 0. The molecule has 172 valence electrons. The quantitative estimate of drug-likeness (QED) is 0.322. The zero-order chi connectivity index (χ0) is 23.2. The summed E-state index contributed by atoms with van der Waals surface area (Å²) in [5, 5.41) is 7.31. The number of aryl methyl sites for hydroxylation is 1. The number of aliphatic imine (C=N–C) groups is 1. The van der Waals surface area contributed by atoms with E-state index in [1.54, 1.807) is 12.4 Å². The van der Waals surface area contributed by atoms with Crippen molar-refractivity contribution in [3.8, 4) is 0 Å². The van der Waals surface area contributed by atoms with E-state index in [1.807, 2.05) is 37.3 Å². The third-order valence-electron chi connectivity index (χ3n) is 5.84. The van der Waals surface area contributed by atoms with Gasteiger partial charge in [-0.2, -0.15) is 0 Å². The van der Waals surface area contributed by atoms with Gasteiger partial charge < -0.3 is 22.1 Å². The van der Waals surface area contributed by atoms with Crippen LogP contribution in [0, 0.1) is 6.92 Å². The van der Waals surface area contributed by atoms with Gasteiger partial charge in [-0.25, -0.2) is 15.0 Å². The summed E-state index contributed by atoms with van der Waals surface area (Å²) in [5.41, 5.74) is 14.2. The average Bonchev–Trinajstić information content (AvgIpc) is 2.81. The van der Waals surface area contributed by atoms with Gasteiger partial charge in [0.05, 0.1) is 17.6 Å². The molecule has 1 saturated carbocycles. The monoisotopic (exact) mass is 446 g/mol. The molecule has 2 heterocycles. The van der Waals surface area contributed by atoms with Crippen LogP contribution in [0.25, 0.3) is 10.9 Å². The van der Waals surface area contributed by atoms with Gasteiger partial charge in [0.15, 0.2) is 5.96 Å². The molecule has 1 fully saturated rings. The van der Waals surface area contributed by atoms with E-state index in [2.05, 4.69) is 30.6 Å². The number of guanidine groups is 1. The minimum Gasteiger partial charge on any atom is -0.370 e. The van der Waals surface area contributed by atoms with Crippen molar-refractivity contribution in [1.82, 2.24) is 20.3 Å². The lowest BCUT2D eigenvalue weighted by Gasteiger charge is -2.30. The van der Waals surface area contributed by atoms with Crippen LogP contribution in [-0.2, 0) is 6.42 Å². The molecule has 33 heavy (non-hydrogen) atoms. The summed E-state index contributed by atoms with van der Waals surface area (Å²) in [7, 11) is 0. The number of amides is 1. The number of carbonyl (C=O) groups excluding carboxylic acids is 1. The lowest BCUT2D eigenvalue weighted by Crippen LogP contribution is -2.38. The molecule has 1 amide bonds. The van der Waals surface area contributed by atoms with E-state index in [0.717, 1.165) is 42.2 Å². The number of hydrogen-bond donors (Lipinski definition) is 4. The number of nitrogens with two attached hydrogens (primary N) is 2. The van der Waals surface area contributed by atoms with Crippen molar-refractivity contribution in [2.75, 3.05) is 11.9 Å². The number of nitrogens with one attached hydrogen (secondary N) is 2. The summed E-state index contributed by atoms with van der Waals surface area (Å²) in [5.74, 6) is 0.539. The van der Waals surface area contributed by atoms with Gasteiger partial charge in [-0.05, 0) is 49.9 Å². The maximum Gasteiger partial charge on any atom is 0.289 e. The largest absolute Gasteiger partial charge is 0.370 e. The minimum absolute atomic E-state index is 0.0287. The number of aromatic nitrogens is 3. The zero-order valence-corrected chi connectivity index (χ0v) is 18.8. The van der Waals surface area contributed by atoms with Crippen molar-refractivity contribution in [2.45, 2.75) is 51.1 Å². The number of anilines is 1. The number of benzene rings is 1. The van der Waals surface area contributed by atoms with Crippen molar-refractivity contribution in [2.24, 2.45) is 16.5 Å². The molecule has 9 nitrogen and oxygen atoms in total. The van der Waals surface area contributed by atoms with E-state index in [1.165, 1.54) is 0 Å². The van der Waals surface area contributed by atoms with Crippen LogP contribution < -0.4 is 22.1 Å². The predicted octanol–water partition coefficient (Wildman–Crippen LogP) is 2.30. The Labute approximate surface area is 193 Å². The second-order valence-corrected chi connectivity index (χ2v) is 8.44. The maximum absolute atomic E-state index is 12.9. The van der Waals surface area contributed by atoms with Gasteiger partial charge in [-0.3, -0.25) is 9.78 Å². The lowest BCUT2D eigenvalue weighted by molar-refractivity contribution is 0.0944. The van der Waals surface area contributed by atoms with Gasteiger partial charge >= 0.3 is 0 Å². The molecular formula is C24H30N8O. The number of nitrogens with zero attached hydrogens (tertiary/aromatic N) is 4. The maximum atomic E-state index is 12.9. The number of hydrogen-bond acceptors (Lipinski definition) is 6. The molecule has 6 N–H and O–H groups in total. The second kappa shape index (κ2) is 10.2. The number of carbonyl (C=O) groups is 1. The first-order valence-electron chi connectivity index (χ1n) is 11.3. The molecule has 4 rings (SSSR count). The smallest absolute Gasteiger partial charge is 0.289 e. The average molecular weight is 447 g/mol. The van der Waals surface area contributed by atoms with Crippen molar-refractivity contribution >= 4 is 28.6 Å². The Morgan fingerprint density at radius 2 is 2.03 bits per heavy atom. The minimum atomic E-state index is -0.311. The molecule has 2 atom stereocenters. The number of rotatable bonds is 7. The van der Waals surface area contributed by atoms with Gasteiger partial charge in [0.25, 0.3) is 5.91 Å². The third kappa shape index (κ3) is 5.74. The molecule has 9 heteroatoms. The van der Waals surface area contributed by atoms with Crippen LogP contribution in [0.15, 0.2) is 47.7 Å². The molecule has 0 saturated heterocycles. The molecule has 3 aromatic rings. The fourth-order valence-corrected chi connectivity index (χ4v) is 4.20. The van der Waals surface area contributed by atoms with Crippen molar-refractivity contribution in [3.63, 3.8) is 0 Å². The lowest BCUT2D eigenvalue weighted by atomic mass is 9.90. The number of pyridine rings is 1. The summed E-state index contributed by atoms with van der Waals surface area (Å²) in [6.07, 6.45) is 8.18. The van der Waals surface area contributed by atoms with Crippen molar-refractivity contribution < 1.29 is 4.79 Å². The zero-order valence-electron chi connectivity index (χ0n) is 18.8. The SMILES string of the molecule is Cc1ccc2nc(C(=O)NCCc3cccnc3)nc(NC3CCCCC3N=C(N)N)c2c1. The van der Waals surface area contributed by atoms with Crippen LogP contribution in [-0.4, -0.2) is 45.4 Å². The number of fused-ring (bicyclic) bond motifs is 1. The van der Waals surface area contributed by atoms with E-state index < -0.39 is 0 Å². The van der Waals surface area contributed by atoms with Crippen molar-refractivity contribution in [3.05, 3.63) is 59.7 Å². The molecule has 1 aromatic carbocycles. The highest BCUT2D eigenvalue weighted by Gasteiger charge is 2.26. The first-order chi connectivity index (χ1) is 16.0. The second-order valence-electron chi connectivity index (χ2n) is 8.44. The normalized spacial score (nSPS) is 18.0. The van der Waals surface area contributed by atoms with Gasteiger partial charge in [0.2, 0.25) is 5.82 Å². The Kier molecular flexibility index (Phi) is 6.97. The summed E-state index contributed by atoms with van der Waals surface area (Å²) in [4.78, 5) is 30.5. The topological polar surface area (TPSA) is 144 Å². The standard InChI is InChI=1S/C24H30N8O/c1-15-8-9-18-17(13-15)21(30-19-6-2-3-7-20(19)31-24(25)26)32-22(29-18)23(33)28-12-10-16-5-4-11-27-14-16/h4-5,8-9,11,13-14,19-20H,2-3,6-7,10,12H2,1H3,(H,28,33)(H4,25,26,31)(H,29,30,32). The van der Waals surface area contributed by atoms with E-state index in [4.69, 9.17) is 11.5 Å². The Hall–Kier alpha value is -3.75. The van der Waals surface area contributed by atoms with Crippen LogP contribution in [0.5, 0.6) is 0 Å². The van der Waals surface area contributed by atoms with E-state index in [9.17, 15) is 4.79 Å². The fourth-order valence-electron chi connectivity index (χ4n) is 4.20. The predicted molar refractivity (Wildman–Crippen MR) is 130 cm³/mol. The Morgan fingerprint density at radius 3 is 2.82 bits per heavy atom. The molecule has 0 bridgehead atoms. The molecule has 1 aliphatic rings. The van der Waals surface area contributed by atoms with Gasteiger partial charge in [-0.1, -0.05) is 30.5 Å². The summed E-state index contributed by atoms with van der Waals surface area (Å²) >= 11 is 0. The van der Waals surface area contributed by atoms with E-state index in [0.29, 0.717) is 24.3 Å².